The first-order valence-corrected chi connectivity index (χ1v) is 2.50. The van der Waals surface area contributed by atoms with Gasteiger partial charge < -0.3 is 10.5 Å². The van der Waals surface area contributed by atoms with Gasteiger partial charge >= 0.3 is 5.97 Å². The second-order valence-electron chi connectivity index (χ2n) is 1.27. The predicted octanol–water partition coefficient (Wildman–Crippen LogP) is 0.0601. The third-order valence-electron chi connectivity index (χ3n) is 0.629. The molecule has 0 amide bonds. The molecular weight excluding hydrogens is 106 g/mol. The molecule has 0 atom stereocenters. The van der Waals surface area contributed by atoms with Crippen molar-refractivity contribution >= 4 is 5.97 Å². The lowest BCUT2D eigenvalue weighted by atomic mass is 10.5. The minimum atomic E-state index is -0.216. The van der Waals surface area contributed by atoms with Crippen molar-refractivity contribution in [2.45, 2.75) is 13.3 Å². The summed E-state index contributed by atoms with van der Waals surface area (Å²) >= 11 is 0. The molecule has 0 heterocycles. The highest BCUT2D eigenvalue weighted by atomic mass is 16.5. The average molecular weight is 116 g/mol. The summed E-state index contributed by atoms with van der Waals surface area (Å²) in [4.78, 5) is 10.3. The molecule has 8 heavy (non-hydrogen) atoms. The molecular formula is C5H10NO2. The lowest BCUT2D eigenvalue weighted by Crippen LogP contribution is -2.07. The van der Waals surface area contributed by atoms with E-state index in [2.05, 4.69) is 4.74 Å². The molecule has 0 saturated carbocycles. The van der Waals surface area contributed by atoms with Gasteiger partial charge in [-0.15, -0.1) is 0 Å². The second kappa shape index (κ2) is 4.59. The molecule has 0 fully saturated rings. The van der Waals surface area contributed by atoms with Gasteiger partial charge in [0.2, 0.25) is 0 Å². The van der Waals surface area contributed by atoms with Crippen LogP contribution in [0.25, 0.3) is 0 Å². The Morgan fingerprint density at radius 3 is 2.88 bits per heavy atom. The quantitative estimate of drug-likeness (QED) is 0.530. The van der Waals surface area contributed by atoms with E-state index in [-0.39, 0.29) is 12.6 Å². The summed E-state index contributed by atoms with van der Waals surface area (Å²) in [5, 5.41) is 0. The predicted molar refractivity (Wildman–Crippen MR) is 29.7 cm³/mol. The number of rotatable bonds is 3. The van der Waals surface area contributed by atoms with Gasteiger partial charge in [-0.2, -0.15) is 0 Å². The van der Waals surface area contributed by atoms with Crippen LogP contribution in [0.5, 0.6) is 0 Å². The maximum atomic E-state index is 10.3. The molecule has 0 aliphatic heterocycles. The van der Waals surface area contributed by atoms with Crippen LogP contribution in [0.2, 0.25) is 0 Å². The van der Waals surface area contributed by atoms with E-state index < -0.39 is 0 Å². The van der Waals surface area contributed by atoms with Gasteiger partial charge in [-0.05, 0) is 0 Å². The highest BCUT2D eigenvalue weighted by Gasteiger charge is 1.93. The van der Waals surface area contributed by atoms with E-state index in [1.165, 1.54) is 6.54 Å². The van der Waals surface area contributed by atoms with Gasteiger partial charge in [0.15, 0.2) is 0 Å². The maximum absolute atomic E-state index is 10.3. The largest absolute Gasteiger partial charge is 0.464 e. The van der Waals surface area contributed by atoms with Crippen LogP contribution < -0.4 is 5.73 Å². The van der Waals surface area contributed by atoms with E-state index in [0.29, 0.717) is 6.42 Å². The molecule has 0 aliphatic rings. The fraction of sp³-hybridized carbons (Fsp3) is 0.600. The SMILES string of the molecule is CCC(=O)OC[CH]N. The zero-order valence-electron chi connectivity index (χ0n) is 4.89. The normalized spacial score (nSPS) is 8.75. The minimum Gasteiger partial charge on any atom is -0.464 e. The standard InChI is InChI=1S/C5H10NO2/c1-2-5(7)8-4-3-6/h3H,2,4,6H2,1H3. The summed E-state index contributed by atoms with van der Waals surface area (Å²) in [6, 6.07) is 0. The monoisotopic (exact) mass is 116 g/mol. The lowest BCUT2D eigenvalue weighted by Gasteiger charge is -1.96. The van der Waals surface area contributed by atoms with Gasteiger partial charge in [0.1, 0.15) is 6.61 Å². The van der Waals surface area contributed by atoms with Crippen LogP contribution >= 0.6 is 0 Å². The molecule has 3 heteroatoms. The van der Waals surface area contributed by atoms with E-state index in [9.17, 15) is 4.79 Å². The lowest BCUT2D eigenvalue weighted by molar-refractivity contribution is -0.142. The summed E-state index contributed by atoms with van der Waals surface area (Å²) in [6.07, 6.45) is 0.411. The summed E-state index contributed by atoms with van der Waals surface area (Å²) in [7, 11) is 0. The van der Waals surface area contributed by atoms with Crippen LogP contribution in [0, 0.1) is 6.54 Å². The molecule has 2 N–H and O–H groups in total. The van der Waals surface area contributed by atoms with Crippen LogP contribution in [0.1, 0.15) is 13.3 Å². The molecule has 47 valence electrons. The molecule has 0 unspecified atom stereocenters. The third kappa shape index (κ3) is 3.61. The molecule has 0 spiro atoms. The van der Waals surface area contributed by atoms with Gasteiger partial charge in [-0.1, -0.05) is 6.92 Å². The smallest absolute Gasteiger partial charge is 0.305 e. The van der Waals surface area contributed by atoms with Crippen LogP contribution in [0.15, 0.2) is 0 Å². The summed E-state index contributed by atoms with van der Waals surface area (Å²) in [6.45, 7) is 3.25. The van der Waals surface area contributed by atoms with Crippen molar-refractivity contribution in [2.24, 2.45) is 5.73 Å². The zero-order valence-corrected chi connectivity index (χ0v) is 4.89. The molecule has 0 aliphatic carbocycles. The molecule has 0 rings (SSSR count). The number of hydrogen-bond acceptors (Lipinski definition) is 3. The maximum Gasteiger partial charge on any atom is 0.305 e. The zero-order chi connectivity index (χ0) is 6.41. The number of hydrogen-bond donors (Lipinski definition) is 1. The molecule has 0 aromatic heterocycles. The molecule has 0 saturated heterocycles. The van der Waals surface area contributed by atoms with Gasteiger partial charge in [0, 0.05) is 6.42 Å². The van der Waals surface area contributed by atoms with Crippen LogP contribution in [-0.2, 0) is 9.53 Å². The van der Waals surface area contributed by atoms with E-state index >= 15 is 0 Å². The molecule has 3 nitrogen and oxygen atoms in total. The van der Waals surface area contributed by atoms with Crippen molar-refractivity contribution in [1.29, 1.82) is 0 Å². The number of carbonyl (C=O) groups is 1. The number of ether oxygens (including phenoxy) is 1. The van der Waals surface area contributed by atoms with Crippen molar-refractivity contribution in [3.63, 3.8) is 0 Å². The van der Waals surface area contributed by atoms with E-state index in [4.69, 9.17) is 5.73 Å². The van der Waals surface area contributed by atoms with Gasteiger partial charge in [-0.25, -0.2) is 0 Å². The first kappa shape index (κ1) is 7.43. The Bertz CT molecular complexity index is 72.8. The Kier molecular flexibility index (Phi) is 4.26. The summed E-state index contributed by atoms with van der Waals surface area (Å²) in [5.41, 5.74) is 4.93. The highest BCUT2D eigenvalue weighted by Crippen LogP contribution is 1.82. The van der Waals surface area contributed by atoms with Crippen LogP contribution in [0.4, 0.5) is 0 Å². The Hall–Kier alpha value is -0.570. The first-order valence-electron chi connectivity index (χ1n) is 2.50. The Morgan fingerprint density at radius 2 is 2.50 bits per heavy atom. The summed E-state index contributed by atoms with van der Waals surface area (Å²) < 4.78 is 4.52. The average Bonchev–Trinajstić information content (AvgIpc) is 1.83. The van der Waals surface area contributed by atoms with Crippen molar-refractivity contribution in [1.82, 2.24) is 0 Å². The molecule has 0 aromatic rings. The molecule has 0 aromatic carbocycles. The highest BCUT2D eigenvalue weighted by molar-refractivity contribution is 5.68. The first-order chi connectivity index (χ1) is 3.81. The van der Waals surface area contributed by atoms with E-state index in [1.54, 1.807) is 6.92 Å². The molecule has 0 bridgehead atoms. The number of esters is 1. The fourth-order valence-corrected chi connectivity index (χ4v) is 0.243. The van der Waals surface area contributed by atoms with Crippen molar-refractivity contribution in [3.05, 3.63) is 6.54 Å². The van der Waals surface area contributed by atoms with E-state index in [1.807, 2.05) is 0 Å². The third-order valence-corrected chi connectivity index (χ3v) is 0.629. The summed E-state index contributed by atoms with van der Waals surface area (Å²) in [5.74, 6) is -0.216. The Morgan fingerprint density at radius 1 is 1.88 bits per heavy atom. The fourth-order valence-electron chi connectivity index (χ4n) is 0.243. The number of nitrogens with two attached hydrogens (primary N) is 1. The Labute approximate surface area is 48.8 Å². The van der Waals surface area contributed by atoms with Gasteiger partial charge in [-0.3, -0.25) is 4.79 Å². The van der Waals surface area contributed by atoms with Crippen molar-refractivity contribution < 1.29 is 9.53 Å². The minimum absolute atomic E-state index is 0.215. The molecule has 1 radical (unpaired) electrons. The van der Waals surface area contributed by atoms with Crippen molar-refractivity contribution in [3.8, 4) is 0 Å². The Balaban J connectivity index is 2.99. The topological polar surface area (TPSA) is 52.3 Å². The second-order valence-corrected chi connectivity index (χ2v) is 1.27. The van der Waals surface area contributed by atoms with Crippen LogP contribution in [-0.4, -0.2) is 12.6 Å². The van der Waals surface area contributed by atoms with Gasteiger partial charge in [0.25, 0.3) is 0 Å². The van der Waals surface area contributed by atoms with Crippen LogP contribution in [0.3, 0.4) is 0 Å². The van der Waals surface area contributed by atoms with E-state index in [0.717, 1.165) is 0 Å². The number of carbonyl (C=O) groups excluding carboxylic acids is 1. The van der Waals surface area contributed by atoms with Gasteiger partial charge in [0.05, 0.1) is 6.54 Å². The van der Waals surface area contributed by atoms with Crippen molar-refractivity contribution in [2.75, 3.05) is 6.61 Å².